The summed E-state index contributed by atoms with van der Waals surface area (Å²) in [6.45, 7) is 6.95. The molecule has 202 valence electrons. The Balaban J connectivity index is 2.05. The van der Waals surface area contributed by atoms with E-state index in [1.54, 1.807) is 72.8 Å². The number of benzene rings is 3. The summed E-state index contributed by atoms with van der Waals surface area (Å²) in [6, 6.07) is 22.7. The van der Waals surface area contributed by atoms with Crippen LogP contribution in [-0.2, 0) is 26.2 Å². The molecule has 2 amide bonds. The van der Waals surface area contributed by atoms with E-state index in [2.05, 4.69) is 5.32 Å². The molecule has 3 aromatic rings. The first-order valence-corrected chi connectivity index (χ1v) is 14.2. The Morgan fingerprint density at radius 2 is 1.45 bits per heavy atom. The molecule has 1 N–H and O–H groups in total. The zero-order chi connectivity index (χ0) is 27.9. The Morgan fingerprint density at radius 1 is 0.895 bits per heavy atom. The molecule has 0 spiro atoms. The Bertz CT molecular complexity index is 1340. The van der Waals surface area contributed by atoms with Crippen LogP contribution in [0.25, 0.3) is 0 Å². The average molecular weight is 556 g/mol. The molecule has 0 radical (unpaired) electrons. The minimum atomic E-state index is -4.09. The van der Waals surface area contributed by atoms with Crippen LogP contribution < -0.4 is 9.62 Å². The Labute approximate surface area is 230 Å². The molecule has 0 aliphatic heterocycles. The number of anilines is 1. The summed E-state index contributed by atoms with van der Waals surface area (Å²) >= 11 is 6.42. The summed E-state index contributed by atoms with van der Waals surface area (Å²) in [6.07, 6.45) is 0.328. The third kappa shape index (κ3) is 7.36. The van der Waals surface area contributed by atoms with Gasteiger partial charge >= 0.3 is 0 Å². The van der Waals surface area contributed by atoms with Gasteiger partial charge in [0, 0.05) is 17.1 Å². The molecule has 0 saturated heterocycles. The maximum absolute atomic E-state index is 14.0. The number of carbonyl (C=O) groups is 2. The lowest BCUT2D eigenvalue weighted by Crippen LogP contribution is -2.55. The highest BCUT2D eigenvalue weighted by Crippen LogP contribution is 2.25. The lowest BCUT2D eigenvalue weighted by Gasteiger charge is -2.35. The van der Waals surface area contributed by atoms with Crippen LogP contribution in [0.5, 0.6) is 0 Å². The number of hydrogen-bond acceptors (Lipinski definition) is 4. The fourth-order valence-corrected chi connectivity index (χ4v) is 5.66. The third-order valence-corrected chi connectivity index (χ3v) is 7.99. The van der Waals surface area contributed by atoms with Crippen LogP contribution in [0.3, 0.4) is 0 Å². The van der Waals surface area contributed by atoms with Crippen LogP contribution in [0.1, 0.15) is 39.7 Å². The third-order valence-electron chi connectivity index (χ3n) is 5.84. The van der Waals surface area contributed by atoms with E-state index in [1.165, 1.54) is 17.0 Å². The smallest absolute Gasteiger partial charge is 0.264 e. The highest BCUT2D eigenvalue weighted by Gasteiger charge is 2.34. The van der Waals surface area contributed by atoms with Crippen molar-refractivity contribution in [3.05, 3.63) is 95.5 Å². The number of nitrogens with one attached hydrogen (secondary N) is 1. The molecule has 3 aromatic carbocycles. The quantitative estimate of drug-likeness (QED) is 0.370. The van der Waals surface area contributed by atoms with Crippen LogP contribution in [0.15, 0.2) is 89.8 Å². The Kier molecular flexibility index (Phi) is 9.57. The molecular formula is C29H34ClN3O4S. The number of sulfonamides is 1. The molecule has 0 heterocycles. The van der Waals surface area contributed by atoms with Crippen molar-refractivity contribution in [2.24, 2.45) is 0 Å². The van der Waals surface area contributed by atoms with Crippen molar-refractivity contribution in [1.29, 1.82) is 0 Å². The zero-order valence-electron chi connectivity index (χ0n) is 22.1. The molecule has 7 nitrogen and oxygen atoms in total. The van der Waals surface area contributed by atoms with Gasteiger partial charge in [0.25, 0.3) is 10.0 Å². The molecule has 0 fully saturated rings. The number of nitrogens with zero attached hydrogens (tertiary/aromatic N) is 2. The maximum Gasteiger partial charge on any atom is 0.264 e. The number of amides is 2. The summed E-state index contributed by atoms with van der Waals surface area (Å²) in [5.74, 6) is -0.846. The zero-order valence-corrected chi connectivity index (χ0v) is 23.7. The van der Waals surface area contributed by atoms with E-state index in [0.717, 1.165) is 4.31 Å². The largest absolute Gasteiger partial charge is 0.350 e. The van der Waals surface area contributed by atoms with Crippen molar-refractivity contribution in [2.45, 2.75) is 57.1 Å². The maximum atomic E-state index is 14.0. The number of halogens is 1. The fraction of sp³-hybridized carbons (Fsp3) is 0.310. The van der Waals surface area contributed by atoms with Gasteiger partial charge < -0.3 is 10.2 Å². The van der Waals surface area contributed by atoms with Crippen LogP contribution >= 0.6 is 11.6 Å². The first-order chi connectivity index (χ1) is 17.9. The summed E-state index contributed by atoms with van der Waals surface area (Å²) in [7, 11) is -4.09. The van der Waals surface area contributed by atoms with Gasteiger partial charge in [0.1, 0.15) is 12.6 Å². The van der Waals surface area contributed by atoms with E-state index in [-0.39, 0.29) is 17.3 Å². The standard InChI is InChI=1S/C29H34ClN3O4S/c1-5-26(28(35)31-29(2,3)4)32(20-22-14-12-13-19-25(22)30)27(34)21-33(23-15-8-6-9-16-23)38(36,37)24-17-10-7-11-18-24/h6-19,26H,5,20-21H2,1-4H3,(H,31,35)/t26-/m1/s1. The van der Waals surface area contributed by atoms with Gasteiger partial charge in [-0.25, -0.2) is 8.42 Å². The number of rotatable bonds is 10. The molecule has 0 aliphatic rings. The molecule has 0 aliphatic carbocycles. The van der Waals surface area contributed by atoms with Crippen molar-refractivity contribution in [1.82, 2.24) is 10.2 Å². The molecule has 3 rings (SSSR count). The summed E-state index contributed by atoms with van der Waals surface area (Å²) < 4.78 is 28.5. The monoisotopic (exact) mass is 555 g/mol. The van der Waals surface area contributed by atoms with Gasteiger partial charge in [-0.15, -0.1) is 0 Å². The van der Waals surface area contributed by atoms with E-state index >= 15 is 0 Å². The van der Waals surface area contributed by atoms with Crippen molar-refractivity contribution in [3.8, 4) is 0 Å². The molecule has 0 unspecified atom stereocenters. The summed E-state index contributed by atoms with van der Waals surface area (Å²) in [5, 5.41) is 3.40. The topological polar surface area (TPSA) is 86.8 Å². The predicted octanol–water partition coefficient (Wildman–Crippen LogP) is 5.26. The summed E-state index contributed by atoms with van der Waals surface area (Å²) in [4.78, 5) is 28.8. The van der Waals surface area contributed by atoms with Crippen molar-refractivity contribution in [3.63, 3.8) is 0 Å². The lowest BCUT2D eigenvalue weighted by atomic mass is 10.1. The molecule has 1 atom stereocenters. The van der Waals surface area contributed by atoms with Gasteiger partial charge in [-0.2, -0.15) is 0 Å². The van der Waals surface area contributed by atoms with E-state index in [9.17, 15) is 18.0 Å². The Hall–Kier alpha value is -3.36. The average Bonchev–Trinajstić information content (AvgIpc) is 2.88. The van der Waals surface area contributed by atoms with Crippen LogP contribution in [-0.4, -0.2) is 43.3 Å². The van der Waals surface area contributed by atoms with E-state index < -0.39 is 34.1 Å². The van der Waals surface area contributed by atoms with E-state index in [0.29, 0.717) is 22.7 Å². The normalized spacial score (nSPS) is 12.4. The predicted molar refractivity (Wildman–Crippen MR) is 151 cm³/mol. The summed E-state index contributed by atoms with van der Waals surface area (Å²) in [5.41, 5.74) is 0.479. The first-order valence-electron chi connectivity index (χ1n) is 12.4. The Morgan fingerprint density at radius 3 is 2.00 bits per heavy atom. The molecule has 9 heteroatoms. The van der Waals surface area contributed by atoms with Gasteiger partial charge in [0.15, 0.2) is 0 Å². The molecule has 0 aromatic heterocycles. The highest BCUT2D eigenvalue weighted by molar-refractivity contribution is 7.92. The van der Waals surface area contributed by atoms with Crippen molar-refractivity contribution >= 4 is 39.1 Å². The molecule has 0 saturated carbocycles. The van der Waals surface area contributed by atoms with Gasteiger partial charge in [-0.1, -0.05) is 73.1 Å². The minimum absolute atomic E-state index is 0.0442. The van der Waals surface area contributed by atoms with Crippen molar-refractivity contribution in [2.75, 3.05) is 10.8 Å². The second-order valence-electron chi connectivity index (χ2n) is 9.94. The molecule has 38 heavy (non-hydrogen) atoms. The van der Waals surface area contributed by atoms with Crippen molar-refractivity contribution < 1.29 is 18.0 Å². The number of hydrogen-bond donors (Lipinski definition) is 1. The number of carbonyl (C=O) groups excluding carboxylic acids is 2. The van der Waals surface area contributed by atoms with Crippen LogP contribution in [0.4, 0.5) is 5.69 Å². The van der Waals surface area contributed by atoms with Crippen LogP contribution in [0.2, 0.25) is 5.02 Å². The number of para-hydroxylation sites is 1. The fourth-order valence-electron chi connectivity index (χ4n) is 4.03. The molecule has 0 bridgehead atoms. The second-order valence-corrected chi connectivity index (χ2v) is 12.2. The first kappa shape index (κ1) is 29.2. The van der Waals surface area contributed by atoms with E-state index in [1.807, 2.05) is 27.7 Å². The lowest BCUT2D eigenvalue weighted by molar-refractivity contribution is -0.141. The molecular weight excluding hydrogens is 522 g/mol. The van der Waals surface area contributed by atoms with Crippen LogP contribution in [0, 0.1) is 0 Å². The van der Waals surface area contributed by atoms with Gasteiger partial charge in [-0.05, 0) is 63.1 Å². The van der Waals surface area contributed by atoms with Gasteiger partial charge in [0.2, 0.25) is 11.8 Å². The minimum Gasteiger partial charge on any atom is -0.350 e. The van der Waals surface area contributed by atoms with Gasteiger partial charge in [-0.3, -0.25) is 13.9 Å². The highest BCUT2D eigenvalue weighted by atomic mass is 35.5. The second kappa shape index (κ2) is 12.5. The SMILES string of the molecule is CC[C@H](C(=O)NC(C)(C)C)N(Cc1ccccc1Cl)C(=O)CN(c1ccccc1)S(=O)(=O)c1ccccc1. The van der Waals surface area contributed by atoms with E-state index in [4.69, 9.17) is 11.6 Å². The van der Waals surface area contributed by atoms with Gasteiger partial charge in [0.05, 0.1) is 10.6 Å².